The number of amides is 1. The third-order valence-electron chi connectivity index (χ3n) is 3.79. The van der Waals surface area contributed by atoms with Crippen LogP contribution < -0.4 is 5.32 Å². The van der Waals surface area contributed by atoms with E-state index in [9.17, 15) is 9.90 Å². The molecule has 0 radical (unpaired) electrons. The predicted octanol–water partition coefficient (Wildman–Crippen LogP) is 2.30. The van der Waals surface area contributed by atoms with Gasteiger partial charge >= 0.3 is 0 Å². The van der Waals surface area contributed by atoms with Crippen molar-refractivity contribution in [3.8, 4) is 0 Å². The highest BCUT2D eigenvalue weighted by atomic mass is 16.3. The first-order valence-corrected chi connectivity index (χ1v) is 7.81. The lowest BCUT2D eigenvalue weighted by Crippen LogP contribution is -2.38. The van der Waals surface area contributed by atoms with Crippen LogP contribution in [0.4, 0.5) is 0 Å². The van der Waals surface area contributed by atoms with E-state index in [1.54, 1.807) is 12.3 Å². The van der Waals surface area contributed by atoms with Gasteiger partial charge in [0.05, 0.1) is 12.6 Å². The molecule has 122 valence electrons. The number of H-pyrrole nitrogens is 1. The standard InChI is InChI=1S/C19H19N3O2/c23-13-16(11-14-5-2-1-3-6-14)22-18(24)9-8-15-12-21-19-17(15)7-4-10-20-19/h1-10,12,16,23H,11,13H2,(H,20,21)(H,22,24)/b9-8+/t16-/m0/s1. The van der Waals surface area contributed by atoms with E-state index in [2.05, 4.69) is 15.3 Å². The fourth-order valence-electron chi connectivity index (χ4n) is 2.59. The van der Waals surface area contributed by atoms with Gasteiger partial charge in [-0.05, 0) is 30.2 Å². The number of aromatic amines is 1. The summed E-state index contributed by atoms with van der Waals surface area (Å²) in [5.41, 5.74) is 2.76. The number of rotatable bonds is 6. The van der Waals surface area contributed by atoms with Gasteiger partial charge in [-0.3, -0.25) is 4.79 Å². The molecule has 3 N–H and O–H groups in total. The van der Waals surface area contributed by atoms with Crippen molar-refractivity contribution in [2.24, 2.45) is 0 Å². The van der Waals surface area contributed by atoms with Crippen molar-refractivity contribution in [1.82, 2.24) is 15.3 Å². The van der Waals surface area contributed by atoms with Crippen molar-refractivity contribution in [3.05, 3.63) is 72.1 Å². The van der Waals surface area contributed by atoms with Crippen molar-refractivity contribution in [1.29, 1.82) is 0 Å². The van der Waals surface area contributed by atoms with Crippen LogP contribution in [-0.2, 0) is 11.2 Å². The number of fused-ring (bicyclic) bond motifs is 1. The van der Waals surface area contributed by atoms with E-state index in [1.165, 1.54) is 6.08 Å². The molecule has 2 heterocycles. The second kappa shape index (κ2) is 7.57. The van der Waals surface area contributed by atoms with E-state index < -0.39 is 0 Å². The van der Waals surface area contributed by atoms with Crippen LogP contribution in [0.25, 0.3) is 17.1 Å². The monoisotopic (exact) mass is 321 g/mol. The minimum absolute atomic E-state index is 0.106. The lowest BCUT2D eigenvalue weighted by atomic mass is 10.1. The molecule has 0 bridgehead atoms. The Morgan fingerprint density at radius 1 is 1.25 bits per heavy atom. The summed E-state index contributed by atoms with van der Waals surface area (Å²) in [6.45, 7) is -0.106. The molecule has 0 unspecified atom stereocenters. The van der Waals surface area contributed by atoms with E-state index in [1.807, 2.05) is 48.7 Å². The van der Waals surface area contributed by atoms with Crippen molar-refractivity contribution < 1.29 is 9.90 Å². The Labute approximate surface area is 140 Å². The number of nitrogens with one attached hydrogen (secondary N) is 2. The summed E-state index contributed by atoms with van der Waals surface area (Å²) in [4.78, 5) is 19.4. The molecule has 1 amide bonds. The molecule has 0 aliphatic carbocycles. The maximum Gasteiger partial charge on any atom is 0.244 e. The molecule has 1 aromatic carbocycles. The number of aliphatic hydroxyl groups is 1. The number of aliphatic hydroxyl groups excluding tert-OH is 1. The van der Waals surface area contributed by atoms with Gasteiger partial charge in [-0.25, -0.2) is 4.98 Å². The first kappa shape index (κ1) is 16.0. The first-order valence-electron chi connectivity index (χ1n) is 7.81. The molecule has 0 aliphatic heterocycles. The molecule has 0 saturated carbocycles. The quantitative estimate of drug-likeness (QED) is 0.610. The van der Waals surface area contributed by atoms with Crippen LogP contribution in [0.15, 0.2) is 60.9 Å². The highest BCUT2D eigenvalue weighted by molar-refractivity contribution is 5.95. The van der Waals surface area contributed by atoms with Crippen LogP contribution in [0.3, 0.4) is 0 Å². The Hall–Kier alpha value is -2.92. The second-order valence-corrected chi connectivity index (χ2v) is 5.55. The number of aromatic nitrogens is 2. The topological polar surface area (TPSA) is 78.0 Å². The van der Waals surface area contributed by atoms with Gasteiger partial charge < -0.3 is 15.4 Å². The third kappa shape index (κ3) is 3.88. The van der Waals surface area contributed by atoms with Gasteiger partial charge in [0.25, 0.3) is 0 Å². The Balaban J connectivity index is 1.63. The number of hydrogen-bond acceptors (Lipinski definition) is 3. The van der Waals surface area contributed by atoms with Crippen molar-refractivity contribution >= 4 is 23.0 Å². The minimum Gasteiger partial charge on any atom is -0.394 e. The van der Waals surface area contributed by atoms with Crippen LogP contribution in [0.2, 0.25) is 0 Å². The summed E-state index contributed by atoms with van der Waals surface area (Å²) in [5.74, 6) is -0.233. The van der Waals surface area contributed by atoms with Crippen LogP contribution in [0, 0.1) is 0 Å². The fraction of sp³-hybridized carbons (Fsp3) is 0.158. The van der Waals surface area contributed by atoms with Crippen molar-refractivity contribution in [2.75, 3.05) is 6.61 Å². The van der Waals surface area contributed by atoms with Gasteiger partial charge in [0.15, 0.2) is 0 Å². The molecule has 0 fully saturated rings. The number of benzene rings is 1. The average molecular weight is 321 g/mol. The maximum absolute atomic E-state index is 12.1. The van der Waals surface area contributed by atoms with Crippen LogP contribution in [0.5, 0.6) is 0 Å². The SMILES string of the molecule is O=C(/C=C/c1c[nH]c2ncccc12)N[C@H](CO)Cc1ccccc1. The van der Waals surface area contributed by atoms with Crippen LogP contribution >= 0.6 is 0 Å². The Bertz CT molecular complexity index is 840. The highest BCUT2D eigenvalue weighted by Crippen LogP contribution is 2.16. The molecule has 5 heteroatoms. The zero-order valence-electron chi connectivity index (χ0n) is 13.1. The van der Waals surface area contributed by atoms with Gasteiger partial charge in [-0.1, -0.05) is 30.3 Å². The van der Waals surface area contributed by atoms with Gasteiger partial charge in [0, 0.05) is 29.4 Å². The lowest BCUT2D eigenvalue weighted by Gasteiger charge is -2.15. The molecule has 3 rings (SSSR count). The number of pyridine rings is 1. The molecule has 2 aromatic heterocycles. The van der Waals surface area contributed by atoms with Gasteiger partial charge in [-0.15, -0.1) is 0 Å². The molecule has 5 nitrogen and oxygen atoms in total. The van der Waals surface area contributed by atoms with Gasteiger partial charge in [-0.2, -0.15) is 0 Å². The average Bonchev–Trinajstić information content (AvgIpc) is 3.03. The molecule has 0 spiro atoms. The summed E-state index contributed by atoms with van der Waals surface area (Å²) in [5, 5.41) is 13.3. The number of nitrogens with zero attached hydrogens (tertiary/aromatic N) is 1. The van der Waals surface area contributed by atoms with E-state index in [-0.39, 0.29) is 18.6 Å². The Kier molecular flexibility index (Phi) is 5.03. The van der Waals surface area contributed by atoms with Gasteiger partial charge in [0.2, 0.25) is 5.91 Å². The lowest BCUT2D eigenvalue weighted by molar-refractivity contribution is -0.117. The summed E-state index contributed by atoms with van der Waals surface area (Å²) in [6, 6.07) is 13.3. The van der Waals surface area contributed by atoms with Gasteiger partial charge in [0.1, 0.15) is 5.65 Å². The number of carbonyl (C=O) groups excluding carboxylic acids is 1. The van der Waals surface area contributed by atoms with E-state index >= 15 is 0 Å². The van der Waals surface area contributed by atoms with E-state index in [4.69, 9.17) is 0 Å². The summed E-state index contributed by atoms with van der Waals surface area (Å²) >= 11 is 0. The van der Waals surface area contributed by atoms with Crippen molar-refractivity contribution in [2.45, 2.75) is 12.5 Å². The zero-order valence-corrected chi connectivity index (χ0v) is 13.1. The van der Waals surface area contributed by atoms with E-state index in [0.29, 0.717) is 6.42 Å². The zero-order chi connectivity index (χ0) is 16.8. The van der Waals surface area contributed by atoms with Crippen LogP contribution in [0.1, 0.15) is 11.1 Å². The highest BCUT2D eigenvalue weighted by Gasteiger charge is 2.10. The second-order valence-electron chi connectivity index (χ2n) is 5.55. The first-order chi connectivity index (χ1) is 11.8. The molecule has 24 heavy (non-hydrogen) atoms. The summed E-state index contributed by atoms with van der Waals surface area (Å²) in [6.07, 6.45) is 7.34. The predicted molar refractivity (Wildman–Crippen MR) is 94.3 cm³/mol. The molecule has 3 aromatic rings. The third-order valence-corrected chi connectivity index (χ3v) is 3.79. The Morgan fingerprint density at radius 2 is 2.08 bits per heavy atom. The molecule has 0 aliphatic rings. The fourth-order valence-corrected chi connectivity index (χ4v) is 2.59. The summed E-state index contributed by atoms with van der Waals surface area (Å²) < 4.78 is 0. The molecule has 1 atom stereocenters. The number of hydrogen-bond donors (Lipinski definition) is 3. The van der Waals surface area contributed by atoms with Crippen molar-refractivity contribution in [3.63, 3.8) is 0 Å². The summed E-state index contributed by atoms with van der Waals surface area (Å²) in [7, 11) is 0. The molecule has 0 saturated heterocycles. The maximum atomic E-state index is 12.1. The smallest absolute Gasteiger partial charge is 0.244 e. The minimum atomic E-state index is -0.311. The number of carbonyl (C=O) groups is 1. The molecular weight excluding hydrogens is 302 g/mol. The largest absolute Gasteiger partial charge is 0.394 e. The van der Waals surface area contributed by atoms with Crippen LogP contribution in [-0.4, -0.2) is 33.6 Å². The van der Waals surface area contributed by atoms with E-state index in [0.717, 1.165) is 22.2 Å². The molecular formula is C19H19N3O2. The normalized spacial score (nSPS) is 12.5. The Morgan fingerprint density at radius 3 is 2.88 bits per heavy atom.